The summed E-state index contributed by atoms with van der Waals surface area (Å²) in [5, 5.41) is 2.86. The number of carbonyl (C=O) groups is 1. The van der Waals surface area contributed by atoms with Crippen LogP contribution in [0.3, 0.4) is 0 Å². The number of nitrogens with zero attached hydrogens (tertiary/aromatic N) is 4. The molecular weight excluding hydrogens is 361 g/mol. The van der Waals surface area contributed by atoms with E-state index in [0.29, 0.717) is 49.2 Å². The zero-order chi connectivity index (χ0) is 19.1. The van der Waals surface area contributed by atoms with Gasteiger partial charge in [0.1, 0.15) is 24.2 Å². The van der Waals surface area contributed by atoms with Crippen LogP contribution in [0.15, 0.2) is 0 Å². The molecule has 5 heterocycles. The lowest BCUT2D eigenvalue weighted by atomic mass is 9.95. The maximum Gasteiger partial charge on any atom is 0.318 e. The normalized spacial score (nSPS) is 30.1. The van der Waals surface area contributed by atoms with E-state index in [0.717, 1.165) is 45.3 Å². The number of anilines is 1. The molecule has 0 spiro atoms. The fourth-order valence-electron chi connectivity index (χ4n) is 5.31. The van der Waals surface area contributed by atoms with Gasteiger partial charge in [0, 0.05) is 26.1 Å². The largest absolute Gasteiger partial charge is 0.461 e. The summed E-state index contributed by atoms with van der Waals surface area (Å²) in [5.74, 6) is 0.602. The number of hydrogen-bond acceptors (Lipinski definition) is 6. The van der Waals surface area contributed by atoms with E-state index in [9.17, 15) is 9.18 Å². The summed E-state index contributed by atoms with van der Waals surface area (Å²) in [7, 11) is 0. The summed E-state index contributed by atoms with van der Waals surface area (Å²) in [5.41, 5.74) is 1.09. The summed E-state index contributed by atoms with van der Waals surface area (Å²) < 4.78 is 20.1. The smallest absolute Gasteiger partial charge is 0.318 e. The van der Waals surface area contributed by atoms with Gasteiger partial charge in [0.05, 0.1) is 17.8 Å². The highest BCUT2D eigenvalue weighted by atomic mass is 19.1. The van der Waals surface area contributed by atoms with Crippen molar-refractivity contribution >= 4 is 11.7 Å². The Balaban J connectivity index is 1.41. The lowest BCUT2D eigenvalue weighted by Crippen LogP contribution is -2.43. The molecule has 2 atom stereocenters. The average Bonchev–Trinajstić information content (AvgIpc) is 3.23. The quantitative estimate of drug-likeness (QED) is 0.850. The van der Waals surface area contributed by atoms with E-state index in [1.54, 1.807) is 0 Å². The lowest BCUT2D eigenvalue weighted by molar-refractivity contribution is 0.0965. The van der Waals surface area contributed by atoms with E-state index in [-0.39, 0.29) is 11.4 Å². The third kappa shape index (κ3) is 3.11. The number of hydrogen-bond donors (Lipinski definition) is 1. The van der Waals surface area contributed by atoms with Crippen molar-refractivity contribution in [3.05, 3.63) is 11.3 Å². The van der Waals surface area contributed by atoms with Gasteiger partial charge in [0.2, 0.25) is 0 Å². The van der Waals surface area contributed by atoms with Crippen LogP contribution >= 0.6 is 0 Å². The van der Waals surface area contributed by atoms with Gasteiger partial charge in [-0.15, -0.1) is 0 Å². The molecule has 3 fully saturated rings. The van der Waals surface area contributed by atoms with Crippen LogP contribution in [0.4, 0.5) is 10.2 Å². The second kappa shape index (κ2) is 7.13. The van der Waals surface area contributed by atoms with Gasteiger partial charge in [0.25, 0.3) is 5.91 Å². The van der Waals surface area contributed by atoms with Gasteiger partial charge in [-0.1, -0.05) is 12.8 Å². The number of carbonyl (C=O) groups excluding carboxylic acids is 1. The molecule has 0 bridgehead atoms. The van der Waals surface area contributed by atoms with E-state index >= 15 is 0 Å². The van der Waals surface area contributed by atoms with Crippen LogP contribution in [0.5, 0.6) is 6.01 Å². The molecule has 4 aliphatic heterocycles. The number of ether oxygens (including phenoxy) is 1. The summed E-state index contributed by atoms with van der Waals surface area (Å²) >= 11 is 0. The standard InChI is InChI=1S/C20H28FN5O2/c21-14-10-20(6-5-9-26(20)12-14)13-28-19-23-15-11-22-18(27)16(15)17(24-19)25-7-3-1-2-4-8-25/h14H,1-13H2,(H,22,27)/t14-,20?/m1/s1. The van der Waals surface area contributed by atoms with E-state index in [2.05, 4.69) is 25.1 Å². The zero-order valence-electron chi connectivity index (χ0n) is 16.3. The Morgan fingerprint density at radius 2 is 1.96 bits per heavy atom. The molecule has 4 aliphatic rings. The van der Waals surface area contributed by atoms with Gasteiger partial charge in [-0.2, -0.15) is 9.97 Å². The predicted molar refractivity (Wildman–Crippen MR) is 102 cm³/mol. The van der Waals surface area contributed by atoms with E-state index < -0.39 is 6.17 Å². The highest BCUT2D eigenvalue weighted by molar-refractivity contribution is 6.02. The Hall–Kier alpha value is -1.96. The van der Waals surface area contributed by atoms with Gasteiger partial charge in [-0.25, -0.2) is 4.39 Å². The highest BCUT2D eigenvalue weighted by Gasteiger charge is 2.49. The molecule has 1 amide bonds. The van der Waals surface area contributed by atoms with Crippen LogP contribution in [-0.4, -0.2) is 65.3 Å². The molecule has 0 radical (unpaired) electrons. The molecule has 1 unspecified atom stereocenters. The highest BCUT2D eigenvalue weighted by Crippen LogP contribution is 2.40. The maximum absolute atomic E-state index is 14.0. The average molecular weight is 389 g/mol. The first-order valence-electron chi connectivity index (χ1n) is 10.6. The van der Waals surface area contributed by atoms with Crippen molar-refractivity contribution in [2.45, 2.75) is 63.2 Å². The lowest BCUT2D eigenvalue weighted by Gasteiger charge is -2.31. The van der Waals surface area contributed by atoms with Crippen LogP contribution in [0.25, 0.3) is 0 Å². The van der Waals surface area contributed by atoms with Crippen molar-refractivity contribution in [1.82, 2.24) is 20.2 Å². The van der Waals surface area contributed by atoms with Gasteiger partial charge in [-0.05, 0) is 32.2 Å². The van der Waals surface area contributed by atoms with Crippen molar-refractivity contribution in [2.75, 3.05) is 37.7 Å². The van der Waals surface area contributed by atoms with Crippen LogP contribution in [0.1, 0.15) is 61.0 Å². The molecule has 1 aromatic rings. The van der Waals surface area contributed by atoms with Crippen molar-refractivity contribution in [3.63, 3.8) is 0 Å². The van der Waals surface area contributed by atoms with Crippen LogP contribution in [0, 0.1) is 0 Å². The second-order valence-corrected chi connectivity index (χ2v) is 8.60. The van der Waals surface area contributed by atoms with E-state index in [1.165, 1.54) is 12.8 Å². The molecular formula is C20H28FN5O2. The van der Waals surface area contributed by atoms with Gasteiger partial charge in [-0.3, -0.25) is 9.69 Å². The summed E-state index contributed by atoms with van der Waals surface area (Å²) in [6.07, 6.45) is 6.41. The molecule has 8 heteroatoms. The van der Waals surface area contributed by atoms with Gasteiger partial charge in [0.15, 0.2) is 0 Å². The van der Waals surface area contributed by atoms with E-state index in [4.69, 9.17) is 4.74 Å². The molecule has 0 saturated carbocycles. The number of alkyl halides is 1. The molecule has 1 N–H and O–H groups in total. The summed E-state index contributed by atoms with van der Waals surface area (Å²) in [6, 6.07) is 0.318. The molecule has 5 rings (SSSR count). The monoisotopic (exact) mass is 389 g/mol. The minimum Gasteiger partial charge on any atom is -0.461 e. The van der Waals surface area contributed by atoms with Crippen LogP contribution < -0.4 is 15.0 Å². The van der Waals surface area contributed by atoms with Crippen molar-refractivity contribution in [3.8, 4) is 6.01 Å². The Labute approximate surface area is 164 Å². The number of amides is 1. The summed E-state index contributed by atoms with van der Waals surface area (Å²) in [4.78, 5) is 26.0. The number of halogens is 1. The number of rotatable bonds is 4. The van der Waals surface area contributed by atoms with Crippen LogP contribution in [0.2, 0.25) is 0 Å². The minimum absolute atomic E-state index is 0.0996. The first kappa shape index (κ1) is 18.1. The molecule has 152 valence electrons. The number of aromatic nitrogens is 2. The fraction of sp³-hybridized carbons (Fsp3) is 0.750. The van der Waals surface area contributed by atoms with Gasteiger partial charge >= 0.3 is 6.01 Å². The third-order valence-electron chi connectivity index (χ3n) is 6.72. The fourth-order valence-corrected chi connectivity index (χ4v) is 5.31. The van der Waals surface area contributed by atoms with Crippen molar-refractivity contribution in [2.24, 2.45) is 0 Å². The summed E-state index contributed by atoms with van der Waals surface area (Å²) in [6.45, 7) is 4.07. The van der Waals surface area contributed by atoms with Crippen molar-refractivity contribution in [1.29, 1.82) is 0 Å². The Morgan fingerprint density at radius 3 is 2.79 bits per heavy atom. The Morgan fingerprint density at radius 1 is 1.14 bits per heavy atom. The topological polar surface area (TPSA) is 70.6 Å². The molecule has 0 aromatic carbocycles. The predicted octanol–water partition coefficient (Wildman–Crippen LogP) is 2.06. The third-order valence-corrected chi connectivity index (χ3v) is 6.72. The second-order valence-electron chi connectivity index (χ2n) is 8.60. The molecule has 0 aliphatic carbocycles. The molecule has 28 heavy (non-hydrogen) atoms. The molecule has 7 nitrogen and oxygen atoms in total. The Bertz CT molecular complexity index is 767. The molecule has 1 aromatic heterocycles. The maximum atomic E-state index is 14.0. The van der Waals surface area contributed by atoms with E-state index in [1.807, 2.05) is 0 Å². The van der Waals surface area contributed by atoms with Gasteiger partial charge < -0.3 is 15.0 Å². The number of nitrogens with one attached hydrogen (secondary N) is 1. The van der Waals surface area contributed by atoms with Crippen molar-refractivity contribution < 1.29 is 13.9 Å². The van der Waals surface area contributed by atoms with Crippen LogP contribution in [-0.2, 0) is 6.54 Å². The zero-order valence-corrected chi connectivity index (χ0v) is 16.3. The SMILES string of the molecule is O=C1NCc2nc(OCC34CCCN3C[C@H](F)C4)nc(N3CCCCCC3)c21. The Kier molecular flexibility index (Phi) is 4.61. The number of fused-ring (bicyclic) bond motifs is 2. The first-order chi connectivity index (χ1) is 13.6. The molecule has 3 saturated heterocycles. The minimum atomic E-state index is -0.778. The first-order valence-corrected chi connectivity index (χ1v) is 10.6.